The average Bonchev–Trinajstić information content (AvgIpc) is 2.52. The molecular formula is C9H19NO. The third-order valence-electron chi connectivity index (χ3n) is 2.35. The summed E-state index contributed by atoms with van der Waals surface area (Å²) in [5.74, 6) is 0. The molecule has 0 amide bonds. The Morgan fingerprint density at radius 1 is 1.45 bits per heavy atom. The Labute approximate surface area is 69.3 Å². The van der Waals surface area contributed by atoms with E-state index in [2.05, 4.69) is 19.3 Å². The minimum absolute atomic E-state index is 0.490. The lowest BCUT2D eigenvalue weighted by Crippen LogP contribution is -2.29. The molecule has 0 heterocycles. The van der Waals surface area contributed by atoms with Crippen molar-refractivity contribution in [1.29, 1.82) is 0 Å². The summed E-state index contributed by atoms with van der Waals surface area (Å²) in [4.78, 5) is 5.51. The fraction of sp³-hybridized carbons (Fsp3) is 1.00. The van der Waals surface area contributed by atoms with Crippen molar-refractivity contribution >= 4 is 0 Å². The van der Waals surface area contributed by atoms with Crippen LogP contribution in [0.25, 0.3) is 0 Å². The molecule has 2 heteroatoms. The molecule has 0 saturated heterocycles. The molecule has 1 aliphatic rings. The SMILES string of the molecule is CCC(C)NOC1CCCC1. The van der Waals surface area contributed by atoms with Gasteiger partial charge < -0.3 is 0 Å². The second-order valence-electron chi connectivity index (χ2n) is 3.45. The minimum Gasteiger partial charge on any atom is -0.298 e. The summed E-state index contributed by atoms with van der Waals surface area (Å²) < 4.78 is 0. The molecule has 11 heavy (non-hydrogen) atoms. The molecule has 0 radical (unpaired) electrons. The van der Waals surface area contributed by atoms with Crippen LogP contribution in [0.5, 0.6) is 0 Å². The van der Waals surface area contributed by atoms with E-state index in [1.807, 2.05) is 0 Å². The smallest absolute Gasteiger partial charge is 0.0790 e. The zero-order chi connectivity index (χ0) is 8.10. The summed E-state index contributed by atoms with van der Waals surface area (Å²) in [7, 11) is 0. The number of hydrogen-bond donors (Lipinski definition) is 1. The van der Waals surface area contributed by atoms with Gasteiger partial charge in [-0.3, -0.25) is 4.84 Å². The molecule has 2 nitrogen and oxygen atoms in total. The number of hydrogen-bond acceptors (Lipinski definition) is 2. The molecule has 1 aliphatic carbocycles. The predicted octanol–water partition coefficient (Wildman–Crippen LogP) is 2.25. The highest BCUT2D eigenvalue weighted by Gasteiger charge is 2.15. The number of nitrogens with one attached hydrogen (secondary N) is 1. The number of hydroxylamine groups is 1. The first-order chi connectivity index (χ1) is 5.33. The van der Waals surface area contributed by atoms with E-state index < -0.39 is 0 Å². The van der Waals surface area contributed by atoms with Crippen molar-refractivity contribution in [3.8, 4) is 0 Å². The molecule has 0 aromatic rings. The normalized spacial score (nSPS) is 22.4. The van der Waals surface area contributed by atoms with E-state index in [4.69, 9.17) is 4.84 Å². The van der Waals surface area contributed by atoms with Gasteiger partial charge >= 0.3 is 0 Å². The van der Waals surface area contributed by atoms with Crippen molar-refractivity contribution < 1.29 is 4.84 Å². The lowest BCUT2D eigenvalue weighted by atomic mass is 10.3. The quantitative estimate of drug-likeness (QED) is 0.632. The Bertz CT molecular complexity index is 99.7. The lowest BCUT2D eigenvalue weighted by molar-refractivity contribution is -0.0375. The first kappa shape index (κ1) is 9.01. The van der Waals surface area contributed by atoms with Crippen molar-refractivity contribution in [1.82, 2.24) is 5.48 Å². The molecule has 0 bridgehead atoms. The van der Waals surface area contributed by atoms with Crippen LogP contribution >= 0.6 is 0 Å². The van der Waals surface area contributed by atoms with E-state index in [9.17, 15) is 0 Å². The van der Waals surface area contributed by atoms with E-state index in [1.165, 1.54) is 25.7 Å². The summed E-state index contributed by atoms with van der Waals surface area (Å²) in [5, 5.41) is 0. The Kier molecular flexibility index (Phi) is 3.87. The van der Waals surface area contributed by atoms with Crippen molar-refractivity contribution in [2.45, 2.75) is 58.1 Å². The van der Waals surface area contributed by atoms with Gasteiger partial charge in [0.1, 0.15) is 0 Å². The molecule has 66 valence electrons. The maximum atomic E-state index is 5.51. The largest absolute Gasteiger partial charge is 0.298 e. The van der Waals surface area contributed by atoms with E-state index in [1.54, 1.807) is 0 Å². The van der Waals surface area contributed by atoms with Crippen LogP contribution in [0.1, 0.15) is 46.0 Å². The fourth-order valence-corrected chi connectivity index (χ4v) is 1.30. The Morgan fingerprint density at radius 2 is 2.09 bits per heavy atom. The van der Waals surface area contributed by atoms with Crippen LogP contribution < -0.4 is 5.48 Å². The van der Waals surface area contributed by atoms with Crippen LogP contribution in [-0.4, -0.2) is 12.1 Å². The van der Waals surface area contributed by atoms with Gasteiger partial charge in [-0.1, -0.05) is 19.8 Å². The van der Waals surface area contributed by atoms with Gasteiger partial charge in [0.2, 0.25) is 0 Å². The average molecular weight is 157 g/mol. The monoisotopic (exact) mass is 157 g/mol. The third kappa shape index (κ3) is 3.21. The predicted molar refractivity (Wildman–Crippen MR) is 46.2 cm³/mol. The Balaban J connectivity index is 2.01. The molecule has 1 atom stereocenters. The van der Waals surface area contributed by atoms with Gasteiger partial charge in [-0.25, -0.2) is 0 Å². The van der Waals surface area contributed by atoms with Gasteiger partial charge in [-0.15, -0.1) is 0 Å². The van der Waals surface area contributed by atoms with Crippen molar-refractivity contribution in [2.24, 2.45) is 0 Å². The Morgan fingerprint density at radius 3 is 2.64 bits per heavy atom. The maximum absolute atomic E-state index is 5.51. The van der Waals surface area contributed by atoms with Gasteiger partial charge in [-0.05, 0) is 26.2 Å². The molecular weight excluding hydrogens is 138 g/mol. The van der Waals surface area contributed by atoms with Crippen LogP contribution in [0.3, 0.4) is 0 Å². The zero-order valence-electron chi connectivity index (χ0n) is 7.60. The lowest BCUT2D eigenvalue weighted by Gasteiger charge is -2.15. The highest BCUT2D eigenvalue weighted by molar-refractivity contribution is 4.66. The number of rotatable bonds is 4. The van der Waals surface area contributed by atoms with E-state index in [-0.39, 0.29) is 0 Å². The summed E-state index contributed by atoms with van der Waals surface area (Å²) >= 11 is 0. The molecule has 1 rings (SSSR count). The van der Waals surface area contributed by atoms with E-state index in [0.717, 1.165) is 6.42 Å². The third-order valence-corrected chi connectivity index (χ3v) is 2.35. The Hall–Kier alpha value is -0.0800. The zero-order valence-corrected chi connectivity index (χ0v) is 7.60. The van der Waals surface area contributed by atoms with Gasteiger partial charge in [0.15, 0.2) is 0 Å². The van der Waals surface area contributed by atoms with E-state index in [0.29, 0.717) is 12.1 Å². The second-order valence-corrected chi connectivity index (χ2v) is 3.45. The van der Waals surface area contributed by atoms with Crippen LogP contribution in [0.2, 0.25) is 0 Å². The summed E-state index contributed by atoms with van der Waals surface area (Å²) in [6.07, 6.45) is 6.78. The minimum atomic E-state index is 0.490. The summed E-state index contributed by atoms with van der Waals surface area (Å²) in [6, 6.07) is 0.496. The standard InChI is InChI=1S/C9H19NO/c1-3-8(2)10-11-9-6-4-5-7-9/h8-10H,3-7H2,1-2H3. The van der Waals surface area contributed by atoms with Crippen LogP contribution in [0.4, 0.5) is 0 Å². The highest BCUT2D eigenvalue weighted by Crippen LogP contribution is 2.19. The molecule has 0 aliphatic heterocycles. The van der Waals surface area contributed by atoms with E-state index >= 15 is 0 Å². The topological polar surface area (TPSA) is 21.3 Å². The van der Waals surface area contributed by atoms with Gasteiger partial charge in [-0.2, -0.15) is 5.48 Å². The molecule has 1 unspecified atom stereocenters. The molecule has 0 aromatic heterocycles. The van der Waals surface area contributed by atoms with Gasteiger partial charge in [0.25, 0.3) is 0 Å². The highest BCUT2D eigenvalue weighted by atomic mass is 16.7. The first-order valence-electron chi connectivity index (χ1n) is 4.74. The van der Waals surface area contributed by atoms with Crippen molar-refractivity contribution in [3.05, 3.63) is 0 Å². The molecule has 1 saturated carbocycles. The fourth-order valence-electron chi connectivity index (χ4n) is 1.30. The summed E-state index contributed by atoms with van der Waals surface area (Å²) in [6.45, 7) is 4.31. The summed E-state index contributed by atoms with van der Waals surface area (Å²) in [5.41, 5.74) is 3.07. The maximum Gasteiger partial charge on any atom is 0.0790 e. The molecule has 1 fully saturated rings. The molecule has 0 spiro atoms. The molecule has 0 aromatic carbocycles. The van der Waals surface area contributed by atoms with Crippen molar-refractivity contribution in [2.75, 3.05) is 0 Å². The second kappa shape index (κ2) is 4.73. The van der Waals surface area contributed by atoms with Crippen LogP contribution in [0.15, 0.2) is 0 Å². The van der Waals surface area contributed by atoms with Crippen LogP contribution in [0, 0.1) is 0 Å². The van der Waals surface area contributed by atoms with Crippen LogP contribution in [-0.2, 0) is 4.84 Å². The van der Waals surface area contributed by atoms with Gasteiger partial charge in [0.05, 0.1) is 6.10 Å². The van der Waals surface area contributed by atoms with Gasteiger partial charge in [0, 0.05) is 6.04 Å². The van der Waals surface area contributed by atoms with Crippen molar-refractivity contribution in [3.63, 3.8) is 0 Å². The first-order valence-corrected chi connectivity index (χ1v) is 4.74. The molecule has 1 N–H and O–H groups in total.